The van der Waals surface area contributed by atoms with Gasteiger partial charge in [-0.3, -0.25) is 0 Å². The van der Waals surface area contributed by atoms with E-state index in [1.54, 1.807) is 22.4 Å². The zero-order chi connectivity index (χ0) is 15.5. The lowest BCUT2D eigenvalue weighted by Gasteiger charge is -2.32. The average molecular weight is 331 g/mol. The summed E-state index contributed by atoms with van der Waals surface area (Å²) in [6, 6.07) is 3.23. The van der Waals surface area contributed by atoms with Crippen molar-refractivity contribution < 1.29 is 13.2 Å². The van der Waals surface area contributed by atoms with Gasteiger partial charge >= 0.3 is 6.03 Å². The molecule has 1 aliphatic heterocycles. The number of sulfonamides is 1. The number of hydrogen-bond acceptors (Lipinski definition) is 4. The molecule has 0 bridgehead atoms. The fourth-order valence-corrected chi connectivity index (χ4v) is 4.55. The minimum Gasteiger partial charge on any atom is -0.336 e. The predicted molar refractivity (Wildman–Crippen MR) is 82.9 cm³/mol. The van der Waals surface area contributed by atoms with E-state index < -0.39 is 10.0 Å². The zero-order valence-electron chi connectivity index (χ0n) is 12.2. The molecule has 8 heteroatoms. The van der Waals surface area contributed by atoms with Gasteiger partial charge in [0.1, 0.15) is 4.21 Å². The highest BCUT2D eigenvalue weighted by Gasteiger charge is 2.27. The van der Waals surface area contributed by atoms with E-state index in [4.69, 9.17) is 0 Å². The molecular weight excluding hydrogens is 310 g/mol. The summed E-state index contributed by atoms with van der Waals surface area (Å²) >= 11 is 1.21. The predicted octanol–water partition coefficient (Wildman–Crippen LogP) is 1.61. The monoisotopic (exact) mass is 331 g/mol. The Morgan fingerprint density at radius 3 is 2.57 bits per heavy atom. The Kier molecular flexibility index (Phi) is 5.23. The van der Waals surface area contributed by atoms with Crippen molar-refractivity contribution in [1.29, 1.82) is 0 Å². The first-order valence-electron chi connectivity index (χ1n) is 7.00. The van der Waals surface area contributed by atoms with Crippen LogP contribution in [0.15, 0.2) is 21.7 Å². The van der Waals surface area contributed by atoms with Crippen LogP contribution in [0.5, 0.6) is 0 Å². The molecule has 1 aromatic heterocycles. The number of urea groups is 1. The molecule has 2 amide bonds. The lowest BCUT2D eigenvalue weighted by atomic mass is 10.1. The van der Waals surface area contributed by atoms with Crippen molar-refractivity contribution in [3.05, 3.63) is 17.5 Å². The van der Waals surface area contributed by atoms with Crippen LogP contribution in [0.3, 0.4) is 0 Å². The summed E-state index contributed by atoms with van der Waals surface area (Å²) in [7, 11) is -3.42. The molecule has 0 aliphatic carbocycles. The summed E-state index contributed by atoms with van der Waals surface area (Å²) in [6.07, 6.45) is 1.27. The molecule has 2 rings (SSSR count). The van der Waals surface area contributed by atoms with Gasteiger partial charge in [0.15, 0.2) is 0 Å². The van der Waals surface area contributed by atoms with E-state index in [0.717, 1.165) is 0 Å². The van der Waals surface area contributed by atoms with Crippen LogP contribution >= 0.6 is 11.3 Å². The van der Waals surface area contributed by atoms with Gasteiger partial charge in [0.25, 0.3) is 0 Å². The summed E-state index contributed by atoms with van der Waals surface area (Å²) in [5, 5.41) is 4.59. The van der Waals surface area contributed by atoms with Crippen molar-refractivity contribution in [1.82, 2.24) is 14.9 Å². The van der Waals surface area contributed by atoms with Crippen LogP contribution in [-0.4, -0.2) is 44.5 Å². The average Bonchev–Trinajstić information content (AvgIpc) is 2.93. The summed E-state index contributed by atoms with van der Waals surface area (Å²) in [5.41, 5.74) is 0. The Morgan fingerprint density at radius 1 is 1.38 bits per heavy atom. The summed E-state index contributed by atoms with van der Waals surface area (Å²) in [5.74, 6) is 0. The van der Waals surface area contributed by atoms with Gasteiger partial charge in [0.2, 0.25) is 10.0 Å². The quantitative estimate of drug-likeness (QED) is 0.880. The lowest BCUT2D eigenvalue weighted by molar-refractivity contribution is 0.177. The van der Waals surface area contributed by atoms with E-state index in [1.165, 1.54) is 11.3 Å². The summed E-state index contributed by atoms with van der Waals surface area (Å²) < 4.78 is 27.3. The molecule has 2 heterocycles. The molecule has 6 nitrogen and oxygen atoms in total. The van der Waals surface area contributed by atoms with Gasteiger partial charge in [-0.1, -0.05) is 6.07 Å². The van der Waals surface area contributed by atoms with Gasteiger partial charge in [-0.25, -0.2) is 17.9 Å². The minimum atomic E-state index is -3.42. The Bertz CT molecular complexity index is 561. The molecule has 1 fully saturated rings. The van der Waals surface area contributed by atoms with Crippen molar-refractivity contribution >= 4 is 27.4 Å². The second kappa shape index (κ2) is 6.76. The van der Waals surface area contributed by atoms with E-state index >= 15 is 0 Å². The molecule has 1 aliphatic rings. The number of rotatable bonds is 4. The van der Waals surface area contributed by atoms with Crippen LogP contribution in [0.1, 0.15) is 26.7 Å². The number of carbonyl (C=O) groups is 1. The maximum atomic E-state index is 12.1. The second-order valence-electron chi connectivity index (χ2n) is 5.42. The smallest absolute Gasteiger partial charge is 0.317 e. The van der Waals surface area contributed by atoms with Crippen molar-refractivity contribution in [2.24, 2.45) is 0 Å². The van der Waals surface area contributed by atoms with Crippen LogP contribution < -0.4 is 10.0 Å². The van der Waals surface area contributed by atoms with Crippen LogP contribution in [0.25, 0.3) is 0 Å². The second-order valence-corrected chi connectivity index (χ2v) is 8.31. The van der Waals surface area contributed by atoms with Crippen molar-refractivity contribution in [2.45, 2.75) is 43.0 Å². The fraction of sp³-hybridized carbons (Fsp3) is 0.615. The van der Waals surface area contributed by atoms with Crippen molar-refractivity contribution in [3.63, 3.8) is 0 Å². The van der Waals surface area contributed by atoms with Gasteiger partial charge in [0.05, 0.1) is 0 Å². The Morgan fingerprint density at radius 2 is 2.05 bits per heavy atom. The molecule has 1 saturated heterocycles. The third-order valence-electron chi connectivity index (χ3n) is 3.28. The Labute approximate surface area is 129 Å². The first-order chi connectivity index (χ1) is 9.88. The molecule has 0 atom stereocenters. The van der Waals surface area contributed by atoms with Gasteiger partial charge < -0.3 is 10.2 Å². The summed E-state index contributed by atoms with van der Waals surface area (Å²) in [4.78, 5) is 13.6. The van der Waals surface area contributed by atoms with Gasteiger partial charge in [0, 0.05) is 25.2 Å². The molecule has 2 N–H and O–H groups in total. The number of nitrogens with zero attached hydrogens (tertiary/aromatic N) is 1. The highest BCUT2D eigenvalue weighted by molar-refractivity contribution is 7.91. The summed E-state index contributed by atoms with van der Waals surface area (Å²) in [6.45, 7) is 4.96. The third-order valence-corrected chi connectivity index (χ3v) is 6.19. The van der Waals surface area contributed by atoms with Crippen molar-refractivity contribution in [3.8, 4) is 0 Å². The van der Waals surface area contributed by atoms with Crippen LogP contribution in [0.4, 0.5) is 4.79 Å². The number of hydrogen-bond donors (Lipinski definition) is 2. The highest BCUT2D eigenvalue weighted by atomic mass is 32.2. The highest BCUT2D eigenvalue weighted by Crippen LogP contribution is 2.18. The zero-order valence-corrected chi connectivity index (χ0v) is 13.8. The number of likely N-dealkylation sites (tertiary alicyclic amines) is 1. The Balaban J connectivity index is 1.86. The van der Waals surface area contributed by atoms with Crippen LogP contribution in [0, 0.1) is 0 Å². The number of nitrogens with one attached hydrogen (secondary N) is 2. The molecule has 0 unspecified atom stereocenters. The van der Waals surface area contributed by atoms with E-state index in [9.17, 15) is 13.2 Å². The molecule has 0 saturated carbocycles. The standard InChI is InChI=1S/C13H21N3O3S2/c1-10(2)14-13(17)16-7-5-11(6-8-16)15-21(18,19)12-4-3-9-20-12/h3-4,9-11,15H,5-8H2,1-2H3,(H,14,17). The van der Waals surface area contributed by atoms with Crippen LogP contribution in [-0.2, 0) is 10.0 Å². The van der Waals surface area contributed by atoms with Gasteiger partial charge in [-0.2, -0.15) is 0 Å². The first kappa shape index (κ1) is 16.3. The Hall–Kier alpha value is -1.12. The SMILES string of the molecule is CC(C)NC(=O)N1CCC(NS(=O)(=O)c2cccs2)CC1. The maximum absolute atomic E-state index is 12.1. The molecular formula is C13H21N3O3S2. The third kappa shape index (κ3) is 4.42. The topological polar surface area (TPSA) is 78.5 Å². The first-order valence-corrected chi connectivity index (χ1v) is 9.36. The number of piperidine rings is 1. The van der Waals surface area contributed by atoms with Gasteiger partial charge in [-0.15, -0.1) is 11.3 Å². The van der Waals surface area contributed by atoms with E-state index in [2.05, 4.69) is 10.0 Å². The number of thiophene rings is 1. The van der Waals surface area contributed by atoms with Crippen molar-refractivity contribution in [2.75, 3.05) is 13.1 Å². The van der Waals surface area contributed by atoms with E-state index in [1.807, 2.05) is 13.8 Å². The molecule has 118 valence electrons. The fourth-order valence-electron chi connectivity index (χ4n) is 2.23. The number of carbonyl (C=O) groups excluding carboxylic acids is 1. The van der Waals surface area contributed by atoms with E-state index in [0.29, 0.717) is 30.1 Å². The van der Waals surface area contributed by atoms with E-state index in [-0.39, 0.29) is 18.1 Å². The van der Waals surface area contributed by atoms with Crippen LogP contribution in [0.2, 0.25) is 0 Å². The van der Waals surface area contributed by atoms with Gasteiger partial charge in [-0.05, 0) is 38.1 Å². The normalized spacial score (nSPS) is 17.2. The molecule has 1 aromatic rings. The molecule has 21 heavy (non-hydrogen) atoms. The number of amides is 2. The molecule has 0 aromatic carbocycles. The molecule has 0 spiro atoms. The largest absolute Gasteiger partial charge is 0.336 e. The lowest BCUT2D eigenvalue weighted by Crippen LogP contribution is -2.50. The maximum Gasteiger partial charge on any atom is 0.317 e. The molecule has 0 radical (unpaired) electrons. The minimum absolute atomic E-state index is 0.0791.